The summed E-state index contributed by atoms with van der Waals surface area (Å²) < 4.78 is 0. The Bertz CT molecular complexity index is 224. The molecule has 92 valence electrons. The van der Waals surface area contributed by atoms with Gasteiger partial charge in [0.25, 0.3) is 0 Å². The van der Waals surface area contributed by atoms with Crippen molar-refractivity contribution in [3.05, 3.63) is 0 Å². The fourth-order valence-electron chi connectivity index (χ4n) is 0.666. The normalized spacial score (nSPS) is 16.0. The molecule has 0 aliphatic rings. The van der Waals surface area contributed by atoms with Gasteiger partial charge in [-0.2, -0.15) is 0 Å². The summed E-state index contributed by atoms with van der Waals surface area (Å²) in [6.07, 6.45) is -9.28. The van der Waals surface area contributed by atoms with Crippen LogP contribution in [0.4, 0.5) is 0 Å². The maximum absolute atomic E-state index is 10.1. The quantitative estimate of drug-likeness (QED) is 0.273. The van der Waals surface area contributed by atoms with Crippen molar-refractivity contribution in [3.8, 4) is 0 Å². The van der Waals surface area contributed by atoms with E-state index in [-0.39, 0.29) is 94.8 Å². The van der Waals surface area contributed by atoms with E-state index in [2.05, 4.69) is 0 Å². The molecule has 8 nitrogen and oxygen atoms in total. The average Bonchev–Trinajstić information content (AvgIpc) is 2.12. The van der Waals surface area contributed by atoms with Crippen LogP contribution in [-0.4, -0.2) is 67.0 Å². The van der Waals surface area contributed by atoms with Gasteiger partial charge in [0.2, 0.25) is 0 Å². The molecule has 0 saturated carbocycles. The van der Waals surface area contributed by atoms with Gasteiger partial charge in [-0.25, -0.2) is 9.59 Å². The minimum Gasteiger partial charge on any atom is -1.00 e. The van der Waals surface area contributed by atoms with Crippen LogP contribution in [0, 0.1) is 0 Å². The number of carboxylic acids is 2. The van der Waals surface area contributed by atoms with Gasteiger partial charge < -0.3 is 44.5 Å². The first-order chi connectivity index (χ1) is 6.29. The first-order valence-corrected chi connectivity index (χ1v) is 3.47. The van der Waals surface area contributed by atoms with Gasteiger partial charge in [0, 0.05) is 0 Å². The van der Waals surface area contributed by atoms with Crippen LogP contribution < -0.4 is 93.3 Å². The van der Waals surface area contributed by atoms with Crippen molar-refractivity contribution >= 4 is 11.9 Å². The molecule has 0 aromatic carbocycles. The molecule has 0 bridgehead atoms. The largest absolute Gasteiger partial charge is 1.00 e. The molecule has 6 N–H and O–H groups in total. The van der Waals surface area contributed by atoms with Crippen molar-refractivity contribution in [2.75, 3.05) is 0 Å². The second-order valence-electron chi connectivity index (χ2n) is 2.55. The van der Waals surface area contributed by atoms with Crippen LogP contribution in [0.1, 0.15) is 1.43 Å². The van der Waals surface area contributed by atoms with Gasteiger partial charge in [-0.1, -0.05) is 0 Å². The van der Waals surface area contributed by atoms with Crippen molar-refractivity contribution in [2.24, 2.45) is 0 Å². The number of carbonyl (C=O) groups is 2. The molecule has 0 aromatic heterocycles. The van der Waals surface area contributed by atoms with Crippen LogP contribution in [-0.2, 0) is 9.59 Å². The number of hydrogen-bond donors (Lipinski definition) is 6. The van der Waals surface area contributed by atoms with E-state index in [0.29, 0.717) is 0 Å². The van der Waals surface area contributed by atoms with E-state index in [4.69, 9.17) is 30.6 Å². The zero-order valence-corrected chi connectivity index (χ0v) is 15.1. The second kappa shape index (κ2) is 12.7. The average molecular weight is 309 g/mol. The maximum Gasteiger partial charge on any atom is 1.00 e. The first kappa shape index (κ1) is 27.1. The van der Waals surface area contributed by atoms with Crippen LogP contribution in [0.5, 0.6) is 0 Å². The van der Waals surface area contributed by atoms with Gasteiger partial charge in [0.15, 0.2) is 12.2 Å². The number of aliphatic hydroxyl groups is 4. The number of aliphatic carboxylic acids is 2. The summed E-state index contributed by atoms with van der Waals surface area (Å²) in [4.78, 5) is 20.2. The predicted molar refractivity (Wildman–Crippen MR) is 40.4 cm³/mol. The summed E-state index contributed by atoms with van der Waals surface area (Å²) in [6.45, 7) is 0. The van der Waals surface area contributed by atoms with E-state index in [1.807, 2.05) is 0 Å². The van der Waals surface area contributed by atoms with Crippen molar-refractivity contribution in [1.82, 2.24) is 0 Å². The van der Waals surface area contributed by atoms with Crippen molar-refractivity contribution < 1.29 is 135 Å². The Morgan fingerprint density at radius 2 is 1.00 bits per heavy atom. The summed E-state index contributed by atoms with van der Waals surface area (Å²) in [6, 6.07) is 0. The van der Waals surface area contributed by atoms with Crippen molar-refractivity contribution in [1.29, 1.82) is 0 Å². The minimum atomic E-state index is -2.36. The van der Waals surface area contributed by atoms with E-state index in [9.17, 15) is 9.59 Å². The van der Waals surface area contributed by atoms with E-state index in [1.165, 1.54) is 0 Å². The third kappa shape index (κ3) is 9.27. The van der Waals surface area contributed by atoms with Crippen LogP contribution in [0.25, 0.3) is 0 Å². The van der Waals surface area contributed by atoms with Crippen LogP contribution in [0.2, 0.25) is 0 Å². The molecule has 0 saturated heterocycles. The van der Waals surface area contributed by atoms with Gasteiger partial charge in [-0.05, 0) is 0 Å². The molecule has 0 aliphatic carbocycles. The molecule has 0 spiro atoms. The monoisotopic (exact) mass is 308 g/mol. The van der Waals surface area contributed by atoms with Crippen molar-refractivity contribution in [3.63, 3.8) is 0 Å². The van der Waals surface area contributed by atoms with Crippen LogP contribution in [0.3, 0.4) is 0 Å². The molecule has 0 rings (SSSR count). The van der Waals surface area contributed by atoms with Gasteiger partial charge in [0.1, 0.15) is 12.2 Å². The van der Waals surface area contributed by atoms with Crippen molar-refractivity contribution in [2.45, 2.75) is 24.4 Å². The Labute approximate surface area is 169 Å². The Kier molecular flexibility index (Phi) is 20.3. The zero-order valence-electron chi connectivity index (χ0n) is 10.2. The molecule has 17 heavy (non-hydrogen) atoms. The van der Waals surface area contributed by atoms with E-state index in [0.717, 1.165) is 0 Å². The maximum atomic E-state index is 10.1. The number of hydrogen-bond acceptors (Lipinski definition) is 6. The molecule has 11 heteroatoms. The van der Waals surface area contributed by atoms with Gasteiger partial charge >= 0.3 is 92.9 Å². The SMILES string of the molecule is O=C(O)C(O)C(O)C(O)C(O)C(=O)O.[Cl-].[H-].[K+].[Na+]. The molecule has 4 unspecified atom stereocenters. The molecular weight excluding hydrogens is 298 g/mol. The zero-order chi connectivity index (χ0) is 11.5. The topological polar surface area (TPSA) is 156 Å². The summed E-state index contributed by atoms with van der Waals surface area (Å²) in [7, 11) is 0. The molecule has 0 aliphatic heterocycles. The summed E-state index contributed by atoms with van der Waals surface area (Å²) >= 11 is 0. The first-order valence-electron chi connectivity index (χ1n) is 3.47. The summed E-state index contributed by atoms with van der Waals surface area (Å²) in [5, 5.41) is 51.5. The smallest absolute Gasteiger partial charge is 1.00 e. The van der Waals surface area contributed by atoms with E-state index in [1.54, 1.807) is 0 Å². The Morgan fingerprint density at radius 3 is 1.12 bits per heavy atom. The Hall–Kier alpha value is 1.71. The third-order valence-corrected chi connectivity index (χ3v) is 1.50. The van der Waals surface area contributed by atoms with Gasteiger partial charge in [-0.3, -0.25) is 0 Å². The van der Waals surface area contributed by atoms with Gasteiger partial charge in [0.05, 0.1) is 0 Å². The second-order valence-corrected chi connectivity index (χ2v) is 2.55. The third-order valence-electron chi connectivity index (χ3n) is 1.50. The number of carboxylic acid groups (broad SMARTS) is 2. The molecule has 4 atom stereocenters. The molecule has 0 fully saturated rings. The summed E-state index contributed by atoms with van der Waals surface area (Å²) in [5.74, 6) is -3.68. The molecule has 0 radical (unpaired) electrons. The Balaban J connectivity index is -0.000000141. The Morgan fingerprint density at radius 1 is 0.824 bits per heavy atom. The van der Waals surface area contributed by atoms with Gasteiger partial charge in [-0.15, -0.1) is 0 Å². The standard InChI is InChI=1S/C6H10O8.ClH.K.Na.H/c7-1(3(9)5(11)12)2(8)4(10)6(13)14;;;;/h1-4,7-10H,(H,11,12)(H,13,14);1H;;;/q;;2*+1;-1/p-1. The minimum absolute atomic E-state index is 0. The van der Waals surface area contributed by atoms with Crippen LogP contribution >= 0.6 is 0 Å². The van der Waals surface area contributed by atoms with E-state index >= 15 is 0 Å². The number of halogens is 1. The molecule has 0 heterocycles. The number of aliphatic hydroxyl groups excluding tert-OH is 4. The molecular formula is C6H11ClKNaO8. The van der Waals surface area contributed by atoms with E-state index < -0.39 is 36.4 Å². The summed E-state index contributed by atoms with van der Waals surface area (Å²) in [5.41, 5.74) is 0. The fourth-order valence-corrected chi connectivity index (χ4v) is 0.666. The van der Waals surface area contributed by atoms with Crippen LogP contribution in [0.15, 0.2) is 0 Å². The fraction of sp³-hybridized carbons (Fsp3) is 0.667. The number of rotatable bonds is 5. The predicted octanol–water partition coefficient (Wildman–Crippen LogP) is -12.3. The molecule has 0 amide bonds. The molecule has 0 aromatic rings.